The number of nitrogens with zero attached hydrogens (tertiary/aromatic N) is 3. The minimum atomic E-state index is -0.955. The van der Waals surface area contributed by atoms with Crippen molar-refractivity contribution in [2.45, 2.75) is 13.8 Å². The van der Waals surface area contributed by atoms with Gasteiger partial charge in [0.15, 0.2) is 5.82 Å². The Kier molecular flexibility index (Phi) is 5.25. The van der Waals surface area contributed by atoms with E-state index in [-0.39, 0.29) is 33.7 Å². The van der Waals surface area contributed by atoms with Crippen LogP contribution in [0.25, 0.3) is 11.1 Å². The molecule has 0 aliphatic rings. The van der Waals surface area contributed by atoms with Crippen LogP contribution in [0.3, 0.4) is 0 Å². The monoisotopic (exact) mass is 371 g/mol. The fourth-order valence-electron chi connectivity index (χ4n) is 2.46. The van der Waals surface area contributed by atoms with Gasteiger partial charge in [-0.1, -0.05) is 17.7 Å². The zero-order chi connectivity index (χ0) is 19.6. The molecule has 2 aromatic rings. The lowest BCUT2D eigenvalue weighted by Gasteiger charge is -2.21. The SMILES string of the molecule is CC(=O)N(C(C)=O)c1cc(-c2ccc(C#N)c(O)c2)c(F)c(Cl)c1C#N. The lowest BCUT2D eigenvalue weighted by atomic mass is 9.99. The number of imide groups is 1. The van der Waals surface area contributed by atoms with Gasteiger partial charge in [0.05, 0.1) is 21.8 Å². The minimum absolute atomic E-state index is 0.0109. The number of hydrogen-bond donors (Lipinski definition) is 1. The summed E-state index contributed by atoms with van der Waals surface area (Å²) in [5.41, 5.74) is -0.535. The third-order valence-corrected chi connectivity index (χ3v) is 3.95. The number of amides is 2. The van der Waals surface area contributed by atoms with Gasteiger partial charge in [0, 0.05) is 19.4 Å². The number of halogens is 2. The highest BCUT2D eigenvalue weighted by molar-refractivity contribution is 6.33. The average Bonchev–Trinajstić information content (AvgIpc) is 2.57. The van der Waals surface area contributed by atoms with Crippen LogP contribution in [0, 0.1) is 28.5 Å². The first-order valence-electron chi connectivity index (χ1n) is 7.19. The van der Waals surface area contributed by atoms with Crippen molar-refractivity contribution >= 4 is 29.1 Å². The van der Waals surface area contributed by atoms with Gasteiger partial charge in [-0.3, -0.25) is 9.59 Å². The molecule has 1 N–H and O–H groups in total. The molecule has 26 heavy (non-hydrogen) atoms. The van der Waals surface area contributed by atoms with Crippen molar-refractivity contribution < 1.29 is 19.1 Å². The maximum atomic E-state index is 14.7. The van der Waals surface area contributed by atoms with E-state index in [1.165, 1.54) is 12.1 Å². The molecule has 2 rings (SSSR count). The van der Waals surface area contributed by atoms with Gasteiger partial charge in [-0.25, -0.2) is 9.29 Å². The second-order valence-corrected chi connectivity index (χ2v) is 5.65. The lowest BCUT2D eigenvalue weighted by Crippen LogP contribution is -2.33. The molecular weight excluding hydrogens is 361 g/mol. The van der Waals surface area contributed by atoms with Gasteiger partial charge in [0.1, 0.15) is 17.9 Å². The van der Waals surface area contributed by atoms with Crippen LogP contribution in [0.15, 0.2) is 24.3 Å². The van der Waals surface area contributed by atoms with Crippen LogP contribution in [0.5, 0.6) is 5.75 Å². The number of phenols is 1. The van der Waals surface area contributed by atoms with Gasteiger partial charge in [-0.2, -0.15) is 10.5 Å². The second-order valence-electron chi connectivity index (χ2n) is 5.28. The molecule has 0 unspecified atom stereocenters. The minimum Gasteiger partial charge on any atom is -0.507 e. The normalized spacial score (nSPS) is 9.92. The Morgan fingerprint density at radius 2 is 1.77 bits per heavy atom. The summed E-state index contributed by atoms with van der Waals surface area (Å²) in [7, 11) is 0. The van der Waals surface area contributed by atoms with E-state index in [1.54, 1.807) is 12.1 Å². The fraction of sp³-hybridized carbons (Fsp3) is 0.111. The number of carbonyl (C=O) groups excluding carboxylic acids is 2. The molecule has 2 amide bonds. The summed E-state index contributed by atoms with van der Waals surface area (Å²) < 4.78 is 14.7. The summed E-state index contributed by atoms with van der Waals surface area (Å²) in [5.74, 6) is -2.68. The van der Waals surface area contributed by atoms with Crippen molar-refractivity contribution in [3.8, 4) is 29.0 Å². The molecule has 0 spiro atoms. The maximum Gasteiger partial charge on any atom is 0.230 e. The highest BCUT2D eigenvalue weighted by Crippen LogP contribution is 2.38. The smallest absolute Gasteiger partial charge is 0.230 e. The van der Waals surface area contributed by atoms with Gasteiger partial charge < -0.3 is 5.11 Å². The third-order valence-electron chi connectivity index (χ3n) is 3.60. The first-order chi connectivity index (χ1) is 12.2. The highest BCUT2D eigenvalue weighted by Gasteiger charge is 2.26. The summed E-state index contributed by atoms with van der Waals surface area (Å²) >= 11 is 5.94. The topological polar surface area (TPSA) is 105 Å². The van der Waals surface area contributed by atoms with Crippen molar-refractivity contribution in [2.75, 3.05) is 4.90 Å². The number of carbonyl (C=O) groups is 2. The molecule has 0 atom stereocenters. The van der Waals surface area contributed by atoms with Gasteiger partial charge in [-0.05, 0) is 23.8 Å². The van der Waals surface area contributed by atoms with E-state index in [4.69, 9.17) is 16.9 Å². The molecule has 0 aliphatic carbocycles. The van der Waals surface area contributed by atoms with Crippen LogP contribution in [0.1, 0.15) is 25.0 Å². The van der Waals surface area contributed by atoms with Gasteiger partial charge in [0.25, 0.3) is 0 Å². The molecule has 2 aromatic carbocycles. The molecule has 8 heteroatoms. The molecule has 6 nitrogen and oxygen atoms in total. The van der Waals surface area contributed by atoms with Crippen LogP contribution >= 0.6 is 11.6 Å². The van der Waals surface area contributed by atoms with Crippen molar-refractivity contribution in [3.63, 3.8) is 0 Å². The zero-order valence-corrected chi connectivity index (χ0v) is 14.4. The van der Waals surface area contributed by atoms with E-state index in [1.807, 2.05) is 0 Å². The zero-order valence-electron chi connectivity index (χ0n) is 13.7. The summed E-state index contributed by atoms with van der Waals surface area (Å²) in [6, 6.07) is 8.39. The Bertz CT molecular complexity index is 1010. The number of phenolic OH excluding ortho intramolecular Hbond substituents is 1. The standard InChI is InChI=1S/C18H11ClFN3O3/c1-9(24)23(10(2)25)15-6-13(18(20)17(19)14(15)8-22)11-3-4-12(7-21)16(26)5-11/h3-6,26H,1-2H3. The summed E-state index contributed by atoms with van der Waals surface area (Å²) in [4.78, 5) is 24.3. The Hall–Kier alpha value is -3.42. The number of nitriles is 2. The Morgan fingerprint density at radius 1 is 1.15 bits per heavy atom. The van der Waals surface area contributed by atoms with E-state index in [9.17, 15) is 24.3 Å². The predicted molar refractivity (Wildman–Crippen MR) is 91.8 cm³/mol. The molecule has 0 heterocycles. The number of benzene rings is 2. The number of hydrogen-bond acceptors (Lipinski definition) is 5. The van der Waals surface area contributed by atoms with Crippen LogP contribution in [-0.2, 0) is 9.59 Å². The first-order valence-corrected chi connectivity index (χ1v) is 7.57. The maximum absolute atomic E-state index is 14.7. The van der Waals surface area contributed by atoms with E-state index < -0.39 is 22.7 Å². The highest BCUT2D eigenvalue weighted by atomic mass is 35.5. The Balaban J connectivity index is 2.83. The quantitative estimate of drug-likeness (QED) is 0.869. The number of aromatic hydroxyl groups is 1. The van der Waals surface area contributed by atoms with Crippen LogP contribution < -0.4 is 4.90 Å². The summed E-state index contributed by atoms with van der Waals surface area (Å²) in [6.07, 6.45) is 0. The molecule has 0 radical (unpaired) electrons. The molecule has 0 saturated carbocycles. The van der Waals surface area contributed by atoms with Crippen LogP contribution in [0.2, 0.25) is 5.02 Å². The van der Waals surface area contributed by atoms with Crippen molar-refractivity contribution in [2.24, 2.45) is 0 Å². The predicted octanol–water partition coefficient (Wildman–Crippen LogP) is 3.49. The van der Waals surface area contributed by atoms with E-state index in [2.05, 4.69) is 0 Å². The molecule has 130 valence electrons. The first kappa shape index (κ1) is 18.9. The van der Waals surface area contributed by atoms with Crippen molar-refractivity contribution in [3.05, 3.63) is 46.2 Å². The Labute approximate surface area is 153 Å². The molecule has 0 fully saturated rings. The van der Waals surface area contributed by atoms with Gasteiger partial charge >= 0.3 is 0 Å². The van der Waals surface area contributed by atoms with E-state index >= 15 is 0 Å². The number of anilines is 1. The average molecular weight is 372 g/mol. The summed E-state index contributed by atoms with van der Waals surface area (Å²) in [6.45, 7) is 2.24. The lowest BCUT2D eigenvalue weighted by molar-refractivity contribution is -0.124. The molecule has 0 saturated heterocycles. The van der Waals surface area contributed by atoms with Crippen molar-refractivity contribution in [1.29, 1.82) is 10.5 Å². The third kappa shape index (κ3) is 3.21. The van der Waals surface area contributed by atoms with Gasteiger partial charge in [0.2, 0.25) is 11.8 Å². The second kappa shape index (κ2) is 7.22. The van der Waals surface area contributed by atoms with Crippen LogP contribution in [-0.4, -0.2) is 16.9 Å². The molecule has 0 bridgehead atoms. The van der Waals surface area contributed by atoms with Crippen molar-refractivity contribution in [1.82, 2.24) is 0 Å². The largest absolute Gasteiger partial charge is 0.507 e. The molecule has 0 aromatic heterocycles. The molecular formula is C18H11ClFN3O3. The Morgan fingerprint density at radius 3 is 2.23 bits per heavy atom. The number of rotatable bonds is 2. The fourth-order valence-corrected chi connectivity index (χ4v) is 2.70. The van der Waals surface area contributed by atoms with Gasteiger partial charge in [-0.15, -0.1) is 0 Å². The van der Waals surface area contributed by atoms with E-state index in [0.717, 1.165) is 26.0 Å². The summed E-state index contributed by atoms with van der Waals surface area (Å²) in [5, 5.41) is 27.4. The van der Waals surface area contributed by atoms with E-state index in [0.29, 0.717) is 4.90 Å². The molecule has 0 aliphatic heterocycles. The van der Waals surface area contributed by atoms with Crippen LogP contribution in [0.4, 0.5) is 10.1 Å².